The molecule has 0 spiro atoms. The fraction of sp³-hybridized carbons (Fsp3) is 0.941. The summed E-state index contributed by atoms with van der Waals surface area (Å²) in [5.41, 5.74) is 0.0123. The van der Waals surface area contributed by atoms with Gasteiger partial charge in [0.2, 0.25) is 5.91 Å². The highest BCUT2D eigenvalue weighted by Crippen LogP contribution is 2.43. The van der Waals surface area contributed by atoms with Crippen LogP contribution in [0.2, 0.25) is 0 Å². The zero-order valence-electron chi connectivity index (χ0n) is 13.0. The molecule has 1 aliphatic carbocycles. The average molecular weight is 278 g/mol. The van der Waals surface area contributed by atoms with E-state index < -0.39 is 0 Å². The molecule has 20 heavy (non-hydrogen) atoms. The van der Waals surface area contributed by atoms with Crippen LogP contribution in [0.5, 0.6) is 0 Å². The maximum absolute atomic E-state index is 12.9. The summed E-state index contributed by atoms with van der Waals surface area (Å²) in [4.78, 5) is 15.1. The van der Waals surface area contributed by atoms with Crippen LogP contribution >= 0.6 is 0 Å². The van der Waals surface area contributed by atoms with Crippen LogP contribution in [0.4, 0.5) is 0 Å². The summed E-state index contributed by atoms with van der Waals surface area (Å²) in [5, 5.41) is 3.64. The van der Waals surface area contributed by atoms with Gasteiger partial charge in [0.1, 0.15) is 0 Å². The first-order chi connectivity index (χ1) is 9.75. The zero-order valence-corrected chi connectivity index (χ0v) is 13.0. The number of carbonyl (C=O) groups excluding carboxylic acids is 1. The predicted molar refractivity (Wildman–Crippen MR) is 81.5 cm³/mol. The molecule has 3 heteroatoms. The van der Waals surface area contributed by atoms with Gasteiger partial charge in [-0.2, -0.15) is 0 Å². The van der Waals surface area contributed by atoms with E-state index >= 15 is 0 Å². The van der Waals surface area contributed by atoms with Crippen molar-refractivity contribution >= 4 is 5.91 Å². The van der Waals surface area contributed by atoms with Gasteiger partial charge in [0, 0.05) is 24.5 Å². The van der Waals surface area contributed by atoms with Crippen molar-refractivity contribution in [2.45, 2.75) is 70.8 Å². The van der Waals surface area contributed by atoms with Crippen molar-refractivity contribution in [3.8, 4) is 0 Å². The summed E-state index contributed by atoms with van der Waals surface area (Å²) in [7, 11) is 0. The number of amides is 1. The third-order valence-corrected chi connectivity index (χ3v) is 6.19. The molecular formula is C17H30N2O. The van der Waals surface area contributed by atoms with Gasteiger partial charge in [-0.1, -0.05) is 19.8 Å². The summed E-state index contributed by atoms with van der Waals surface area (Å²) in [6.07, 6.45) is 10.9. The second-order valence-electron chi connectivity index (χ2n) is 7.17. The second kappa shape index (κ2) is 6.05. The third-order valence-electron chi connectivity index (χ3n) is 6.19. The van der Waals surface area contributed by atoms with E-state index in [9.17, 15) is 4.79 Å². The molecule has 1 N–H and O–H groups in total. The fourth-order valence-electron chi connectivity index (χ4n) is 4.72. The van der Waals surface area contributed by atoms with Crippen molar-refractivity contribution in [1.29, 1.82) is 0 Å². The van der Waals surface area contributed by atoms with Crippen molar-refractivity contribution in [2.75, 3.05) is 19.6 Å². The lowest BCUT2D eigenvalue weighted by molar-refractivity contribution is -0.143. The number of likely N-dealkylation sites (tertiary alicyclic amines) is 1. The third kappa shape index (κ3) is 2.61. The molecular weight excluding hydrogens is 248 g/mol. The van der Waals surface area contributed by atoms with Crippen LogP contribution in [-0.4, -0.2) is 36.5 Å². The Morgan fingerprint density at radius 1 is 1.15 bits per heavy atom. The minimum Gasteiger partial charge on any atom is -0.342 e. The molecule has 114 valence electrons. The highest BCUT2D eigenvalue weighted by molar-refractivity contribution is 5.83. The Morgan fingerprint density at radius 3 is 2.40 bits per heavy atom. The zero-order chi connectivity index (χ0) is 14.0. The molecule has 3 fully saturated rings. The van der Waals surface area contributed by atoms with Crippen LogP contribution < -0.4 is 5.32 Å². The largest absolute Gasteiger partial charge is 0.342 e. The first-order valence-corrected chi connectivity index (χ1v) is 8.78. The Labute approximate surface area is 123 Å². The van der Waals surface area contributed by atoms with Crippen LogP contribution in [0.25, 0.3) is 0 Å². The van der Waals surface area contributed by atoms with E-state index in [0.29, 0.717) is 5.91 Å². The molecule has 0 aromatic heterocycles. The number of nitrogens with one attached hydrogen (secondary N) is 1. The van der Waals surface area contributed by atoms with E-state index in [-0.39, 0.29) is 5.41 Å². The molecule has 1 atom stereocenters. The number of hydrogen-bond donors (Lipinski definition) is 1. The number of nitrogens with zero attached hydrogens (tertiary/aromatic N) is 1. The number of piperidine rings is 1. The molecule has 2 saturated heterocycles. The van der Waals surface area contributed by atoms with Gasteiger partial charge in [-0.05, 0) is 57.4 Å². The monoisotopic (exact) mass is 278 g/mol. The summed E-state index contributed by atoms with van der Waals surface area (Å²) < 4.78 is 0. The highest BCUT2D eigenvalue weighted by Gasteiger charge is 2.42. The number of hydrogen-bond acceptors (Lipinski definition) is 2. The normalized spacial score (nSPS) is 30.9. The Morgan fingerprint density at radius 2 is 1.85 bits per heavy atom. The summed E-state index contributed by atoms with van der Waals surface area (Å²) in [6.45, 7) is 5.41. The molecule has 2 aliphatic heterocycles. The fourth-order valence-corrected chi connectivity index (χ4v) is 4.72. The summed E-state index contributed by atoms with van der Waals surface area (Å²) in [5.74, 6) is 1.29. The van der Waals surface area contributed by atoms with Crippen molar-refractivity contribution in [3.63, 3.8) is 0 Å². The standard InChI is InChI=1S/C17H30N2O/c1-2-17(9-3-4-10-17)16(20)19-12-7-14(8-13-19)15-6-5-11-18-15/h14-15,18H,2-13H2,1H3. The molecule has 1 saturated carbocycles. The quantitative estimate of drug-likeness (QED) is 0.861. The van der Waals surface area contributed by atoms with E-state index in [0.717, 1.165) is 44.3 Å². The molecule has 1 amide bonds. The van der Waals surface area contributed by atoms with Gasteiger partial charge in [-0.3, -0.25) is 4.79 Å². The second-order valence-corrected chi connectivity index (χ2v) is 7.17. The van der Waals surface area contributed by atoms with E-state index in [1.807, 2.05) is 0 Å². The molecule has 0 radical (unpaired) electrons. The predicted octanol–water partition coefficient (Wildman–Crippen LogP) is 2.95. The lowest BCUT2D eigenvalue weighted by Crippen LogP contribution is -2.48. The van der Waals surface area contributed by atoms with Gasteiger partial charge in [0.25, 0.3) is 0 Å². The average Bonchev–Trinajstić information content (AvgIpc) is 3.18. The smallest absolute Gasteiger partial charge is 0.228 e. The molecule has 0 aromatic rings. The Balaban J connectivity index is 1.56. The van der Waals surface area contributed by atoms with E-state index in [4.69, 9.17) is 0 Å². The van der Waals surface area contributed by atoms with Crippen LogP contribution in [0.1, 0.15) is 64.7 Å². The van der Waals surface area contributed by atoms with Gasteiger partial charge in [0.05, 0.1) is 0 Å². The molecule has 0 aromatic carbocycles. The first kappa shape index (κ1) is 14.4. The van der Waals surface area contributed by atoms with E-state index in [1.54, 1.807) is 0 Å². The van der Waals surface area contributed by atoms with Crippen molar-refractivity contribution in [3.05, 3.63) is 0 Å². The maximum atomic E-state index is 12.9. The lowest BCUT2D eigenvalue weighted by atomic mass is 9.80. The Bertz CT molecular complexity index is 335. The van der Waals surface area contributed by atoms with Crippen molar-refractivity contribution < 1.29 is 4.79 Å². The van der Waals surface area contributed by atoms with Gasteiger partial charge >= 0.3 is 0 Å². The number of carbonyl (C=O) groups is 1. The van der Waals surface area contributed by atoms with Crippen molar-refractivity contribution in [2.24, 2.45) is 11.3 Å². The SMILES string of the molecule is CCC1(C(=O)N2CCC(C3CCCN3)CC2)CCCC1. The molecule has 3 aliphatic rings. The van der Waals surface area contributed by atoms with Crippen LogP contribution in [0.15, 0.2) is 0 Å². The molecule has 2 heterocycles. The molecule has 3 rings (SSSR count). The first-order valence-electron chi connectivity index (χ1n) is 8.78. The summed E-state index contributed by atoms with van der Waals surface area (Å²) in [6, 6.07) is 0.735. The minimum atomic E-state index is 0.0123. The van der Waals surface area contributed by atoms with Crippen LogP contribution in [0, 0.1) is 11.3 Å². The van der Waals surface area contributed by atoms with Gasteiger partial charge < -0.3 is 10.2 Å². The van der Waals surface area contributed by atoms with Gasteiger partial charge in [-0.25, -0.2) is 0 Å². The molecule has 0 bridgehead atoms. The number of rotatable bonds is 3. The Hall–Kier alpha value is -0.570. The lowest BCUT2D eigenvalue weighted by Gasteiger charge is -2.39. The molecule has 3 nitrogen and oxygen atoms in total. The van der Waals surface area contributed by atoms with Crippen molar-refractivity contribution in [1.82, 2.24) is 10.2 Å². The highest BCUT2D eigenvalue weighted by atomic mass is 16.2. The van der Waals surface area contributed by atoms with Gasteiger partial charge in [-0.15, -0.1) is 0 Å². The topological polar surface area (TPSA) is 32.3 Å². The summed E-state index contributed by atoms with van der Waals surface area (Å²) >= 11 is 0. The maximum Gasteiger partial charge on any atom is 0.228 e. The Kier molecular flexibility index (Phi) is 4.34. The minimum absolute atomic E-state index is 0.0123. The molecule has 1 unspecified atom stereocenters. The van der Waals surface area contributed by atoms with Gasteiger partial charge in [0.15, 0.2) is 0 Å². The van der Waals surface area contributed by atoms with E-state index in [1.165, 1.54) is 45.1 Å². The van der Waals surface area contributed by atoms with Crippen LogP contribution in [-0.2, 0) is 4.79 Å². The van der Waals surface area contributed by atoms with E-state index in [2.05, 4.69) is 17.1 Å². The van der Waals surface area contributed by atoms with Crippen LogP contribution in [0.3, 0.4) is 0 Å².